The molecular weight excluding hydrogens is 344 g/mol. The number of aliphatic hydroxyl groups is 4. The van der Waals surface area contributed by atoms with E-state index in [-0.39, 0.29) is 11.3 Å². The molecule has 1 saturated heterocycles. The molecule has 0 bridgehead atoms. The predicted octanol–water partition coefficient (Wildman–Crippen LogP) is -1.06. The number of nitrogens with one attached hydrogen (secondary N) is 2. The third kappa shape index (κ3) is 3.35. The summed E-state index contributed by atoms with van der Waals surface area (Å²) in [4.78, 5) is 26.0. The maximum atomic E-state index is 11.9. The summed E-state index contributed by atoms with van der Waals surface area (Å²) in [6.07, 6.45) is -5.30. The first-order chi connectivity index (χ1) is 12.3. The zero-order valence-corrected chi connectivity index (χ0v) is 13.9. The summed E-state index contributed by atoms with van der Waals surface area (Å²) < 4.78 is 5.09. The number of ketones is 1. The standard InChI is InChI=1S/C17H20N2O7/c1-7(21)10-4-8-2-3-9(5-11(8)19-16(10)24)18-13-15(23)14(22)12(6-20)26-17(13)25/h2-5,12-15,17-18,20,22-23,25H,6H2,1H3,(H,19,24)/t12?,13-,14+,15?,17?/m0/s1. The van der Waals surface area contributed by atoms with Gasteiger partial charge in [-0.15, -0.1) is 0 Å². The van der Waals surface area contributed by atoms with Crippen molar-refractivity contribution < 1.29 is 30.0 Å². The van der Waals surface area contributed by atoms with Gasteiger partial charge >= 0.3 is 0 Å². The fraction of sp³-hybridized carbons (Fsp3) is 0.412. The average Bonchev–Trinajstić information content (AvgIpc) is 2.60. The number of aliphatic hydroxyl groups excluding tert-OH is 4. The average molecular weight is 364 g/mol. The molecule has 6 N–H and O–H groups in total. The smallest absolute Gasteiger partial charge is 0.259 e. The quantitative estimate of drug-likeness (QED) is 0.376. The molecule has 1 aliphatic rings. The number of ether oxygens (including phenoxy) is 1. The van der Waals surface area contributed by atoms with E-state index in [1.54, 1.807) is 18.2 Å². The Morgan fingerprint density at radius 1 is 1.23 bits per heavy atom. The molecule has 0 radical (unpaired) electrons. The number of benzene rings is 1. The van der Waals surface area contributed by atoms with E-state index in [0.29, 0.717) is 16.6 Å². The molecule has 0 aliphatic carbocycles. The summed E-state index contributed by atoms with van der Waals surface area (Å²) in [6, 6.07) is 5.31. The van der Waals surface area contributed by atoms with Crippen molar-refractivity contribution >= 4 is 22.4 Å². The van der Waals surface area contributed by atoms with Crippen molar-refractivity contribution in [1.29, 1.82) is 0 Å². The molecule has 3 rings (SSSR count). The molecule has 1 aliphatic heterocycles. The highest BCUT2D eigenvalue weighted by molar-refractivity contribution is 5.97. The predicted molar refractivity (Wildman–Crippen MR) is 92.0 cm³/mol. The summed E-state index contributed by atoms with van der Waals surface area (Å²) >= 11 is 0. The number of aromatic nitrogens is 1. The van der Waals surface area contributed by atoms with E-state index in [1.165, 1.54) is 13.0 Å². The van der Waals surface area contributed by atoms with Gasteiger partial charge in [-0.2, -0.15) is 0 Å². The van der Waals surface area contributed by atoms with Crippen LogP contribution in [0, 0.1) is 0 Å². The van der Waals surface area contributed by atoms with Crippen molar-refractivity contribution in [3.63, 3.8) is 0 Å². The Bertz CT molecular complexity index is 881. The number of hydrogen-bond donors (Lipinski definition) is 6. The van der Waals surface area contributed by atoms with Gasteiger partial charge in [0.2, 0.25) is 0 Å². The number of carbonyl (C=O) groups excluding carboxylic acids is 1. The molecular formula is C17H20N2O7. The molecule has 2 aromatic rings. The Balaban J connectivity index is 1.88. The lowest BCUT2D eigenvalue weighted by Gasteiger charge is -2.40. The number of anilines is 1. The lowest BCUT2D eigenvalue weighted by Crippen LogP contribution is -2.61. The lowest BCUT2D eigenvalue weighted by atomic mass is 9.96. The monoisotopic (exact) mass is 364 g/mol. The fourth-order valence-corrected chi connectivity index (χ4v) is 3.00. The highest BCUT2D eigenvalue weighted by Gasteiger charge is 2.43. The van der Waals surface area contributed by atoms with Gasteiger partial charge in [0.1, 0.15) is 24.4 Å². The molecule has 1 aromatic carbocycles. The highest BCUT2D eigenvalue weighted by Crippen LogP contribution is 2.24. The number of aromatic amines is 1. The van der Waals surface area contributed by atoms with E-state index in [0.717, 1.165) is 0 Å². The van der Waals surface area contributed by atoms with Crippen molar-refractivity contribution in [1.82, 2.24) is 4.98 Å². The molecule has 1 aromatic heterocycles. The summed E-state index contributed by atoms with van der Waals surface area (Å²) in [5.41, 5.74) is 0.455. The second-order valence-corrected chi connectivity index (χ2v) is 6.27. The van der Waals surface area contributed by atoms with E-state index in [1.807, 2.05) is 0 Å². The fourth-order valence-electron chi connectivity index (χ4n) is 3.00. The topological polar surface area (TPSA) is 152 Å². The van der Waals surface area contributed by atoms with Crippen LogP contribution in [-0.4, -0.2) is 68.4 Å². The van der Waals surface area contributed by atoms with Crippen LogP contribution in [-0.2, 0) is 4.74 Å². The molecule has 0 saturated carbocycles. The first-order valence-corrected chi connectivity index (χ1v) is 8.07. The summed E-state index contributed by atoms with van der Waals surface area (Å²) in [7, 11) is 0. The Morgan fingerprint density at radius 3 is 2.62 bits per heavy atom. The minimum absolute atomic E-state index is 0.0582. The van der Waals surface area contributed by atoms with E-state index in [4.69, 9.17) is 9.84 Å². The lowest BCUT2D eigenvalue weighted by molar-refractivity contribution is -0.245. The largest absolute Gasteiger partial charge is 0.394 e. The third-order valence-electron chi connectivity index (χ3n) is 4.46. The molecule has 26 heavy (non-hydrogen) atoms. The number of fused-ring (bicyclic) bond motifs is 1. The van der Waals surface area contributed by atoms with Crippen LogP contribution >= 0.6 is 0 Å². The molecule has 2 heterocycles. The van der Waals surface area contributed by atoms with Crippen LogP contribution in [0.5, 0.6) is 0 Å². The second-order valence-electron chi connectivity index (χ2n) is 6.27. The van der Waals surface area contributed by atoms with E-state index in [9.17, 15) is 24.9 Å². The minimum Gasteiger partial charge on any atom is -0.394 e. The zero-order chi connectivity index (χ0) is 19.0. The Kier molecular flexibility index (Phi) is 5.08. The molecule has 9 nitrogen and oxygen atoms in total. The van der Waals surface area contributed by atoms with Crippen LogP contribution in [0.1, 0.15) is 17.3 Å². The molecule has 9 heteroatoms. The second kappa shape index (κ2) is 7.14. The maximum Gasteiger partial charge on any atom is 0.259 e. The molecule has 3 unspecified atom stereocenters. The van der Waals surface area contributed by atoms with Crippen molar-refractivity contribution in [3.05, 3.63) is 40.2 Å². The third-order valence-corrected chi connectivity index (χ3v) is 4.46. The van der Waals surface area contributed by atoms with Crippen molar-refractivity contribution in [3.8, 4) is 0 Å². The number of Topliss-reactive ketones (excluding diaryl/α,β-unsaturated/α-hetero) is 1. The highest BCUT2D eigenvalue weighted by atomic mass is 16.6. The molecule has 1 fully saturated rings. The van der Waals surface area contributed by atoms with Crippen LogP contribution in [0.25, 0.3) is 10.9 Å². The van der Waals surface area contributed by atoms with Crippen LogP contribution in [0.15, 0.2) is 29.1 Å². The van der Waals surface area contributed by atoms with Gasteiger partial charge in [-0.25, -0.2) is 0 Å². The van der Waals surface area contributed by atoms with E-state index in [2.05, 4.69) is 10.3 Å². The summed E-state index contributed by atoms with van der Waals surface area (Å²) in [5, 5.41) is 42.7. The van der Waals surface area contributed by atoms with Gasteiger partial charge in [0.15, 0.2) is 12.1 Å². The molecule has 0 spiro atoms. The van der Waals surface area contributed by atoms with Crippen molar-refractivity contribution in [2.45, 2.75) is 37.6 Å². The number of hydrogen-bond acceptors (Lipinski definition) is 8. The number of rotatable bonds is 4. The Labute approximate surface area is 147 Å². The molecule has 0 amide bonds. The minimum atomic E-state index is -1.46. The van der Waals surface area contributed by atoms with Crippen LogP contribution in [0.4, 0.5) is 5.69 Å². The maximum absolute atomic E-state index is 11.9. The van der Waals surface area contributed by atoms with E-state index < -0.39 is 42.8 Å². The van der Waals surface area contributed by atoms with E-state index >= 15 is 0 Å². The van der Waals surface area contributed by atoms with Gasteiger partial charge in [-0.1, -0.05) is 6.07 Å². The number of H-pyrrole nitrogens is 1. The van der Waals surface area contributed by atoms with Gasteiger partial charge in [0.25, 0.3) is 5.56 Å². The SMILES string of the molecule is CC(=O)c1cc2ccc(N[C@@H]3C(O)OC(CO)[C@@H](O)C3O)cc2[nH]c1=O. The van der Waals surface area contributed by atoms with Gasteiger partial charge in [-0.05, 0) is 30.5 Å². The summed E-state index contributed by atoms with van der Waals surface area (Å²) in [6.45, 7) is 0.765. The first kappa shape index (κ1) is 18.5. The van der Waals surface area contributed by atoms with Crippen LogP contribution < -0.4 is 10.9 Å². The van der Waals surface area contributed by atoms with Gasteiger partial charge in [0.05, 0.1) is 17.7 Å². The normalized spacial score (nSPS) is 28.9. The molecule has 140 valence electrons. The van der Waals surface area contributed by atoms with Crippen LogP contribution in [0.2, 0.25) is 0 Å². The van der Waals surface area contributed by atoms with Gasteiger partial charge in [-0.3, -0.25) is 9.59 Å². The zero-order valence-electron chi connectivity index (χ0n) is 13.9. The van der Waals surface area contributed by atoms with Crippen molar-refractivity contribution in [2.75, 3.05) is 11.9 Å². The first-order valence-electron chi connectivity index (χ1n) is 8.07. The Hall–Kier alpha value is -2.30. The molecule has 5 atom stereocenters. The van der Waals surface area contributed by atoms with Crippen molar-refractivity contribution in [2.24, 2.45) is 0 Å². The van der Waals surface area contributed by atoms with Gasteiger partial charge < -0.3 is 35.5 Å². The Morgan fingerprint density at radius 2 is 1.96 bits per heavy atom. The summed E-state index contributed by atoms with van der Waals surface area (Å²) in [5.74, 6) is -0.339. The number of pyridine rings is 1. The van der Waals surface area contributed by atoms with Gasteiger partial charge in [0, 0.05) is 5.69 Å². The number of carbonyl (C=O) groups is 1. The van der Waals surface area contributed by atoms with Crippen LogP contribution in [0.3, 0.4) is 0 Å².